The predicted octanol–water partition coefficient (Wildman–Crippen LogP) is 3.48. The van der Waals surface area contributed by atoms with E-state index >= 15 is 0 Å². The maximum Gasteiger partial charge on any atom is 0.348 e. The Morgan fingerprint density at radius 1 is 1.00 bits per heavy atom. The van der Waals surface area contributed by atoms with Gasteiger partial charge in [0, 0.05) is 10.3 Å². The number of carbonyl (C=O) groups excluding carboxylic acids is 3. The number of nitrogen functional groups attached to an aromatic ring is 1. The molecule has 2 heterocycles. The van der Waals surface area contributed by atoms with Crippen molar-refractivity contribution < 1.29 is 28.6 Å². The number of rotatable bonds is 5. The number of fused-ring (bicyclic) bond motifs is 1. The maximum atomic E-state index is 12.4. The fourth-order valence-electron chi connectivity index (χ4n) is 2.50. The van der Waals surface area contributed by atoms with E-state index in [0.29, 0.717) is 4.88 Å². The van der Waals surface area contributed by atoms with Gasteiger partial charge in [0.25, 0.3) is 0 Å². The van der Waals surface area contributed by atoms with Gasteiger partial charge in [0.1, 0.15) is 26.9 Å². The summed E-state index contributed by atoms with van der Waals surface area (Å²) in [6.07, 6.45) is 0. The van der Waals surface area contributed by atoms with E-state index in [1.165, 1.54) is 25.6 Å². The van der Waals surface area contributed by atoms with Gasteiger partial charge in [-0.2, -0.15) is 0 Å². The second-order valence-corrected chi connectivity index (χ2v) is 7.49. The quantitative estimate of drug-likeness (QED) is 0.512. The zero-order valence-corrected chi connectivity index (χ0v) is 16.1. The second-order valence-electron chi connectivity index (χ2n) is 5.36. The van der Waals surface area contributed by atoms with Crippen LogP contribution in [0.3, 0.4) is 0 Å². The molecule has 0 aliphatic rings. The number of benzene rings is 1. The highest BCUT2D eigenvalue weighted by Gasteiger charge is 2.28. The molecule has 3 rings (SSSR count). The lowest BCUT2D eigenvalue weighted by Crippen LogP contribution is -2.12. The zero-order valence-electron chi connectivity index (χ0n) is 14.4. The largest absolute Gasteiger partial charge is 0.465 e. The summed E-state index contributed by atoms with van der Waals surface area (Å²) in [5.74, 6) is -1.95. The molecule has 0 spiro atoms. The minimum atomic E-state index is -0.716. The van der Waals surface area contributed by atoms with Crippen LogP contribution in [-0.2, 0) is 20.8 Å². The molecule has 0 saturated heterocycles. The van der Waals surface area contributed by atoms with Crippen LogP contribution in [0.1, 0.15) is 35.3 Å². The van der Waals surface area contributed by atoms with Gasteiger partial charge in [-0.3, -0.25) is 0 Å². The van der Waals surface area contributed by atoms with Crippen LogP contribution >= 0.6 is 22.7 Å². The molecule has 0 fully saturated rings. The van der Waals surface area contributed by atoms with Gasteiger partial charge in [-0.05, 0) is 17.5 Å². The molecule has 7 nitrogen and oxygen atoms in total. The van der Waals surface area contributed by atoms with Crippen molar-refractivity contribution in [3.05, 3.63) is 51.2 Å². The summed E-state index contributed by atoms with van der Waals surface area (Å²) in [6.45, 7) is -0.310. The summed E-state index contributed by atoms with van der Waals surface area (Å²) in [4.78, 5) is 36.9. The highest BCUT2D eigenvalue weighted by Crippen LogP contribution is 2.33. The van der Waals surface area contributed by atoms with Crippen molar-refractivity contribution in [3.63, 3.8) is 0 Å². The average Bonchev–Trinajstić information content (AvgIpc) is 3.25. The van der Waals surface area contributed by atoms with Crippen molar-refractivity contribution in [1.82, 2.24) is 0 Å². The molecule has 0 atom stereocenters. The molecule has 9 heteroatoms. The van der Waals surface area contributed by atoms with Crippen molar-refractivity contribution in [1.29, 1.82) is 0 Å². The molecule has 0 amide bonds. The lowest BCUT2D eigenvalue weighted by molar-refractivity contribution is 0.0458. The Balaban J connectivity index is 1.88. The Labute approximate surface area is 162 Å². The highest BCUT2D eigenvalue weighted by molar-refractivity contribution is 7.20. The normalized spacial score (nSPS) is 10.6. The van der Waals surface area contributed by atoms with E-state index < -0.39 is 17.9 Å². The van der Waals surface area contributed by atoms with E-state index in [2.05, 4.69) is 0 Å². The predicted molar refractivity (Wildman–Crippen MR) is 102 cm³/mol. The minimum absolute atomic E-state index is 0.00652. The zero-order chi connectivity index (χ0) is 19.6. The van der Waals surface area contributed by atoms with Crippen LogP contribution in [0, 0.1) is 0 Å². The molecular formula is C18H15NO6S2. The first-order valence-corrected chi connectivity index (χ1v) is 9.33. The Kier molecular flexibility index (Phi) is 5.43. The smallest absolute Gasteiger partial charge is 0.348 e. The van der Waals surface area contributed by atoms with Crippen LogP contribution < -0.4 is 5.73 Å². The molecular weight excluding hydrogens is 390 g/mol. The summed E-state index contributed by atoms with van der Waals surface area (Å²) in [7, 11) is 2.41. The lowest BCUT2D eigenvalue weighted by atomic mass is 10.1. The number of nitrogens with two attached hydrogens (primary N) is 1. The van der Waals surface area contributed by atoms with E-state index in [-0.39, 0.29) is 27.6 Å². The van der Waals surface area contributed by atoms with Gasteiger partial charge < -0.3 is 19.9 Å². The molecule has 0 aliphatic carbocycles. The van der Waals surface area contributed by atoms with Crippen molar-refractivity contribution in [3.8, 4) is 0 Å². The maximum absolute atomic E-state index is 12.4. The Morgan fingerprint density at radius 3 is 2.37 bits per heavy atom. The number of hydrogen-bond acceptors (Lipinski definition) is 9. The van der Waals surface area contributed by atoms with E-state index in [0.717, 1.165) is 21.4 Å². The SMILES string of the molecule is COC(=O)c1sc(N)c(C(=O)OC)c1COC(=O)c1cc2ccccc2s1. The molecule has 0 radical (unpaired) electrons. The highest BCUT2D eigenvalue weighted by atomic mass is 32.1. The van der Waals surface area contributed by atoms with Crippen LogP contribution in [0.5, 0.6) is 0 Å². The van der Waals surface area contributed by atoms with Crippen LogP contribution in [0.2, 0.25) is 0 Å². The fourth-order valence-corrected chi connectivity index (χ4v) is 4.43. The molecule has 140 valence electrons. The van der Waals surface area contributed by atoms with Gasteiger partial charge in [-0.25, -0.2) is 14.4 Å². The summed E-state index contributed by atoms with van der Waals surface area (Å²) >= 11 is 2.18. The minimum Gasteiger partial charge on any atom is -0.465 e. The number of methoxy groups -OCH3 is 2. The molecule has 0 aliphatic heterocycles. The van der Waals surface area contributed by atoms with Gasteiger partial charge in [-0.15, -0.1) is 22.7 Å². The topological polar surface area (TPSA) is 105 Å². The van der Waals surface area contributed by atoms with Crippen molar-refractivity contribution in [2.24, 2.45) is 0 Å². The van der Waals surface area contributed by atoms with Crippen molar-refractivity contribution >= 4 is 55.7 Å². The second kappa shape index (κ2) is 7.77. The Morgan fingerprint density at radius 2 is 1.70 bits per heavy atom. The Bertz CT molecular complexity index is 1000. The first-order valence-electron chi connectivity index (χ1n) is 7.69. The van der Waals surface area contributed by atoms with E-state index in [1.807, 2.05) is 24.3 Å². The first-order chi connectivity index (χ1) is 13.0. The molecule has 0 saturated carbocycles. The number of hydrogen-bond donors (Lipinski definition) is 1. The third-order valence-electron chi connectivity index (χ3n) is 3.77. The monoisotopic (exact) mass is 405 g/mol. The average molecular weight is 405 g/mol. The summed E-state index contributed by atoms with van der Waals surface area (Å²) in [6, 6.07) is 9.29. The Hall–Kier alpha value is -2.91. The summed E-state index contributed by atoms with van der Waals surface area (Å²) in [5.41, 5.74) is 6.03. The van der Waals surface area contributed by atoms with Gasteiger partial charge in [0.2, 0.25) is 0 Å². The molecule has 0 bridgehead atoms. The van der Waals surface area contributed by atoms with Crippen LogP contribution in [0.25, 0.3) is 10.1 Å². The number of thiophene rings is 2. The fraction of sp³-hybridized carbons (Fsp3) is 0.167. The van der Waals surface area contributed by atoms with Crippen LogP contribution in [0.4, 0.5) is 5.00 Å². The van der Waals surface area contributed by atoms with Crippen molar-refractivity contribution in [2.45, 2.75) is 6.61 Å². The first kappa shape index (κ1) is 18.9. The lowest BCUT2D eigenvalue weighted by Gasteiger charge is -2.07. The van der Waals surface area contributed by atoms with Crippen molar-refractivity contribution in [2.75, 3.05) is 20.0 Å². The number of carbonyl (C=O) groups is 3. The number of ether oxygens (including phenoxy) is 3. The van der Waals surface area contributed by atoms with Gasteiger partial charge in [0.15, 0.2) is 0 Å². The standard InChI is InChI=1S/C18H15NO6S2/c1-23-17(21)13-10(14(18(22)24-2)27-15(13)19)8-25-16(20)12-7-9-5-3-4-6-11(9)26-12/h3-7H,8,19H2,1-2H3. The molecule has 3 aromatic rings. The van der Waals surface area contributed by atoms with E-state index in [4.69, 9.17) is 19.9 Å². The number of anilines is 1. The molecule has 27 heavy (non-hydrogen) atoms. The third-order valence-corrected chi connectivity index (χ3v) is 5.91. The molecule has 1 aromatic carbocycles. The van der Waals surface area contributed by atoms with Crippen LogP contribution in [-0.4, -0.2) is 32.1 Å². The third kappa shape index (κ3) is 3.64. The van der Waals surface area contributed by atoms with E-state index in [1.54, 1.807) is 6.07 Å². The van der Waals surface area contributed by atoms with Gasteiger partial charge in [0.05, 0.1) is 14.2 Å². The summed E-state index contributed by atoms with van der Waals surface area (Å²) < 4.78 is 15.7. The molecule has 2 aromatic heterocycles. The van der Waals surface area contributed by atoms with E-state index in [9.17, 15) is 14.4 Å². The number of esters is 3. The van der Waals surface area contributed by atoms with Crippen LogP contribution in [0.15, 0.2) is 30.3 Å². The van der Waals surface area contributed by atoms with Gasteiger partial charge >= 0.3 is 17.9 Å². The molecule has 0 unspecified atom stereocenters. The van der Waals surface area contributed by atoms with Gasteiger partial charge in [-0.1, -0.05) is 18.2 Å². The summed E-state index contributed by atoms with van der Waals surface area (Å²) in [5, 5.41) is 1.02. The molecule has 2 N–H and O–H groups in total.